The van der Waals surface area contributed by atoms with Crippen LogP contribution in [0.1, 0.15) is 44.7 Å². The van der Waals surface area contributed by atoms with E-state index in [9.17, 15) is 22.6 Å². The molecule has 2 aromatic carbocycles. The van der Waals surface area contributed by atoms with Gasteiger partial charge in [-0.1, -0.05) is 12.1 Å². The van der Waals surface area contributed by atoms with Crippen LogP contribution in [0.4, 0.5) is 5.69 Å². The molecule has 4 rings (SSSR count). The summed E-state index contributed by atoms with van der Waals surface area (Å²) in [4.78, 5) is 25.8. The second-order valence-electron chi connectivity index (χ2n) is 6.26. The molecule has 128 valence electrons. The van der Waals surface area contributed by atoms with Crippen LogP contribution in [0.3, 0.4) is 0 Å². The van der Waals surface area contributed by atoms with Crippen LogP contribution in [0.5, 0.6) is 0 Å². The van der Waals surface area contributed by atoms with Gasteiger partial charge in [-0.05, 0) is 61.1 Å². The summed E-state index contributed by atoms with van der Waals surface area (Å²) < 4.78 is 33.4. The van der Waals surface area contributed by atoms with Gasteiger partial charge < -0.3 is 0 Å². The molecular weight excluding hydrogens is 342 g/mol. The summed E-state index contributed by atoms with van der Waals surface area (Å²) in [5.41, 5.74) is 2.12. The Labute approximate surface area is 144 Å². The number of benzene rings is 2. The molecule has 0 fully saturated rings. The number of anilines is 1. The van der Waals surface area contributed by atoms with Crippen LogP contribution in [0.2, 0.25) is 0 Å². The highest BCUT2D eigenvalue weighted by Gasteiger charge is 2.39. The molecule has 1 heterocycles. The van der Waals surface area contributed by atoms with E-state index in [0.29, 0.717) is 6.42 Å². The first-order chi connectivity index (χ1) is 11.9. The molecule has 7 heteroatoms. The number of hydrogen-bond acceptors (Lipinski definition) is 4. The zero-order valence-electron chi connectivity index (χ0n) is 13.2. The Bertz CT molecular complexity index is 991. The number of amides is 2. The second-order valence-corrected chi connectivity index (χ2v) is 7.65. The summed E-state index contributed by atoms with van der Waals surface area (Å²) in [6, 6.07) is 9.29. The molecule has 1 aliphatic heterocycles. The van der Waals surface area contributed by atoms with E-state index in [1.165, 1.54) is 18.2 Å². The van der Waals surface area contributed by atoms with E-state index in [-0.39, 0.29) is 16.8 Å². The lowest BCUT2D eigenvalue weighted by atomic mass is 9.91. The largest absolute Gasteiger partial charge is 0.296 e. The molecular formula is C18H15NO5S. The number of fused-ring (bicyclic) bond motifs is 2. The van der Waals surface area contributed by atoms with Crippen LogP contribution in [-0.2, 0) is 23.0 Å². The maximum atomic E-state index is 12.7. The van der Waals surface area contributed by atoms with Crippen molar-refractivity contribution < 1.29 is 22.6 Å². The Hall–Kier alpha value is -2.51. The number of imide groups is 1. The van der Waals surface area contributed by atoms with Crippen molar-refractivity contribution in [2.24, 2.45) is 0 Å². The van der Waals surface area contributed by atoms with E-state index in [1.54, 1.807) is 18.2 Å². The molecule has 1 aliphatic carbocycles. The van der Waals surface area contributed by atoms with Gasteiger partial charge in [0.25, 0.3) is 21.9 Å². The number of aryl methyl sites for hydroxylation is 2. The van der Waals surface area contributed by atoms with Gasteiger partial charge in [0.2, 0.25) is 0 Å². The highest BCUT2D eigenvalue weighted by molar-refractivity contribution is 7.86. The molecule has 0 spiro atoms. The SMILES string of the molecule is O=C1c2ccccc2C(=O)N1c1cc2c(cc1S(=O)(=O)O)CCCC2. The predicted molar refractivity (Wildman–Crippen MR) is 90.5 cm³/mol. The normalized spacial score (nSPS) is 16.8. The molecule has 0 radical (unpaired) electrons. The molecule has 0 unspecified atom stereocenters. The number of rotatable bonds is 2. The molecule has 6 nitrogen and oxygen atoms in total. The lowest BCUT2D eigenvalue weighted by Crippen LogP contribution is -2.31. The van der Waals surface area contributed by atoms with Gasteiger partial charge >= 0.3 is 0 Å². The molecule has 0 aromatic heterocycles. The third-order valence-corrected chi connectivity index (χ3v) is 5.62. The van der Waals surface area contributed by atoms with Gasteiger partial charge in [0.1, 0.15) is 4.90 Å². The summed E-state index contributed by atoms with van der Waals surface area (Å²) in [6.45, 7) is 0. The van der Waals surface area contributed by atoms with E-state index in [2.05, 4.69) is 0 Å². The topological polar surface area (TPSA) is 91.8 Å². The van der Waals surface area contributed by atoms with Gasteiger partial charge in [0.15, 0.2) is 0 Å². The lowest BCUT2D eigenvalue weighted by molar-refractivity contribution is 0.0925. The molecule has 1 N–H and O–H groups in total. The van der Waals surface area contributed by atoms with E-state index >= 15 is 0 Å². The van der Waals surface area contributed by atoms with Crippen LogP contribution in [0, 0.1) is 0 Å². The first kappa shape index (κ1) is 16.0. The Morgan fingerprint density at radius 1 is 0.880 bits per heavy atom. The van der Waals surface area contributed by atoms with Gasteiger partial charge in [-0.2, -0.15) is 8.42 Å². The van der Waals surface area contributed by atoms with Gasteiger partial charge in [-0.15, -0.1) is 0 Å². The molecule has 0 saturated carbocycles. The average Bonchev–Trinajstić information content (AvgIpc) is 2.84. The highest BCUT2D eigenvalue weighted by Crippen LogP contribution is 2.36. The van der Waals surface area contributed by atoms with Crippen molar-refractivity contribution in [3.05, 3.63) is 58.7 Å². The molecule has 2 aromatic rings. The number of hydrogen-bond donors (Lipinski definition) is 1. The van der Waals surface area contributed by atoms with Crippen LogP contribution < -0.4 is 4.90 Å². The third kappa shape index (κ3) is 2.47. The van der Waals surface area contributed by atoms with E-state index in [1.807, 2.05) is 0 Å². The van der Waals surface area contributed by atoms with Crippen molar-refractivity contribution in [3.63, 3.8) is 0 Å². The summed E-state index contributed by atoms with van der Waals surface area (Å²) in [6.07, 6.45) is 3.35. The van der Waals surface area contributed by atoms with Crippen LogP contribution >= 0.6 is 0 Å². The van der Waals surface area contributed by atoms with Crippen LogP contribution in [-0.4, -0.2) is 24.8 Å². The van der Waals surface area contributed by atoms with Crippen molar-refractivity contribution in [1.82, 2.24) is 0 Å². The van der Waals surface area contributed by atoms with Crippen molar-refractivity contribution in [3.8, 4) is 0 Å². The summed E-state index contributed by atoms with van der Waals surface area (Å²) >= 11 is 0. The smallest absolute Gasteiger partial charge is 0.282 e. The third-order valence-electron chi connectivity index (χ3n) is 4.74. The van der Waals surface area contributed by atoms with Crippen molar-refractivity contribution in [1.29, 1.82) is 0 Å². The number of nitrogens with zero attached hydrogens (tertiary/aromatic N) is 1. The number of carbonyl (C=O) groups is 2. The van der Waals surface area contributed by atoms with Crippen LogP contribution in [0.15, 0.2) is 41.3 Å². The van der Waals surface area contributed by atoms with Crippen molar-refractivity contribution in [2.75, 3.05) is 4.90 Å². The Balaban J connectivity index is 1.94. The van der Waals surface area contributed by atoms with Crippen LogP contribution in [0.25, 0.3) is 0 Å². The predicted octanol–water partition coefficient (Wildman–Crippen LogP) is 2.61. The zero-order valence-corrected chi connectivity index (χ0v) is 14.0. The summed E-state index contributed by atoms with van der Waals surface area (Å²) in [5, 5.41) is 0. The quantitative estimate of drug-likeness (QED) is 0.659. The van der Waals surface area contributed by atoms with E-state index < -0.39 is 26.8 Å². The molecule has 0 bridgehead atoms. The number of carbonyl (C=O) groups excluding carboxylic acids is 2. The fraction of sp³-hybridized carbons (Fsp3) is 0.222. The summed E-state index contributed by atoms with van der Waals surface area (Å²) in [5.74, 6) is -1.16. The minimum Gasteiger partial charge on any atom is -0.282 e. The Morgan fingerprint density at radius 3 is 1.92 bits per heavy atom. The van der Waals surface area contributed by atoms with Gasteiger partial charge in [0, 0.05) is 0 Å². The highest BCUT2D eigenvalue weighted by atomic mass is 32.2. The Morgan fingerprint density at radius 2 is 1.40 bits per heavy atom. The van der Waals surface area contributed by atoms with E-state index in [0.717, 1.165) is 35.3 Å². The Kier molecular flexibility index (Phi) is 3.52. The standard InChI is InChI=1S/C18H15NO5S/c20-17-13-7-3-4-8-14(13)18(21)19(17)15-9-11-5-1-2-6-12(11)10-16(15)25(22,23)24/h3-4,7-10H,1-2,5-6H2,(H,22,23,24). The summed E-state index contributed by atoms with van der Waals surface area (Å²) in [7, 11) is -4.58. The van der Waals surface area contributed by atoms with Gasteiger partial charge in [-0.3, -0.25) is 14.1 Å². The molecule has 25 heavy (non-hydrogen) atoms. The molecule has 0 atom stereocenters. The maximum Gasteiger partial charge on any atom is 0.296 e. The zero-order chi connectivity index (χ0) is 17.8. The first-order valence-electron chi connectivity index (χ1n) is 7.99. The van der Waals surface area contributed by atoms with Gasteiger partial charge in [0.05, 0.1) is 16.8 Å². The first-order valence-corrected chi connectivity index (χ1v) is 9.43. The maximum absolute atomic E-state index is 12.7. The van der Waals surface area contributed by atoms with Gasteiger partial charge in [-0.25, -0.2) is 4.90 Å². The minimum atomic E-state index is -4.58. The minimum absolute atomic E-state index is 0.0747. The van der Waals surface area contributed by atoms with Crippen molar-refractivity contribution >= 4 is 27.6 Å². The molecule has 2 aliphatic rings. The van der Waals surface area contributed by atoms with E-state index in [4.69, 9.17) is 0 Å². The lowest BCUT2D eigenvalue weighted by Gasteiger charge is -2.22. The second kappa shape index (κ2) is 5.50. The molecule has 2 amide bonds. The fourth-order valence-electron chi connectivity index (χ4n) is 3.54. The average molecular weight is 357 g/mol. The monoisotopic (exact) mass is 357 g/mol. The van der Waals surface area contributed by atoms with Crippen molar-refractivity contribution in [2.45, 2.75) is 30.6 Å². The molecule has 0 saturated heterocycles. The fourth-order valence-corrected chi connectivity index (χ4v) is 4.25.